The molecule has 2 aromatic rings. The second-order valence-electron chi connectivity index (χ2n) is 11.9. The van der Waals surface area contributed by atoms with E-state index in [-0.39, 0.29) is 26.1 Å². The largest absolute Gasteiger partial charge is 0.456 e. The fourth-order valence-corrected chi connectivity index (χ4v) is 4.01. The van der Waals surface area contributed by atoms with Crippen molar-refractivity contribution in [1.29, 1.82) is 0 Å². The highest BCUT2D eigenvalue weighted by atomic mass is 16.6. The number of amides is 4. The number of alkyl carbamates (subject to hydrolysis) is 1. The molecule has 13 heteroatoms. The molecule has 5 N–H and O–H groups in total. The number of benzene rings is 2. The SMILES string of the molecule is CC(C)[C@H](NC(=O)[C@H](CCC(N)=O)NC(=O)[C@H](COCc1ccccc1)NC(=O)OC(C)(C)C)C(=O)OCC(=O)c1ccccc1. The van der Waals surface area contributed by atoms with E-state index in [9.17, 15) is 28.8 Å². The quantitative estimate of drug-likeness (QED) is 0.148. The maximum absolute atomic E-state index is 13.4. The van der Waals surface area contributed by atoms with Crippen LogP contribution < -0.4 is 21.7 Å². The van der Waals surface area contributed by atoms with Gasteiger partial charge in [0.15, 0.2) is 12.4 Å². The fourth-order valence-electron chi connectivity index (χ4n) is 4.01. The average molecular weight is 641 g/mol. The van der Waals surface area contributed by atoms with Gasteiger partial charge in [-0.2, -0.15) is 0 Å². The zero-order valence-electron chi connectivity index (χ0n) is 26.9. The molecule has 0 fully saturated rings. The van der Waals surface area contributed by atoms with Crippen LogP contribution in [0, 0.1) is 5.92 Å². The molecule has 0 saturated carbocycles. The Morgan fingerprint density at radius 3 is 1.96 bits per heavy atom. The van der Waals surface area contributed by atoms with E-state index in [1.807, 2.05) is 30.3 Å². The summed E-state index contributed by atoms with van der Waals surface area (Å²) in [5, 5.41) is 7.54. The van der Waals surface area contributed by atoms with E-state index in [1.165, 1.54) is 0 Å². The molecule has 0 aliphatic rings. The number of carbonyl (C=O) groups excluding carboxylic acids is 6. The Morgan fingerprint density at radius 2 is 1.39 bits per heavy atom. The van der Waals surface area contributed by atoms with E-state index in [1.54, 1.807) is 65.0 Å². The molecule has 0 bridgehead atoms. The van der Waals surface area contributed by atoms with Crippen molar-refractivity contribution in [2.75, 3.05) is 13.2 Å². The van der Waals surface area contributed by atoms with Gasteiger partial charge in [0.2, 0.25) is 17.7 Å². The minimum atomic E-state index is -1.34. The van der Waals surface area contributed by atoms with Crippen molar-refractivity contribution in [3.8, 4) is 0 Å². The predicted molar refractivity (Wildman–Crippen MR) is 168 cm³/mol. The van der Waals surface area contributed by atoms with Crippen LogP contribution in [0.3, 0.4) is 0 Å². The zero-order chi connectivity index (χ0) is 34.3. The lowest BCUT2D eigenvalue weighted by molar-refractivity contribution is -0.148. The van der Waals surface area contributed by atoms with Gasteiger partial charge < -0.3 is 35.9 Å². The summed E-state index contributed by atoms with van der Waals surface area (Å²) in [5.74, 6) is -4.08. The molecule has 0 saturated heterocycles. The summed E-state index contributed by atoms with van der Waals surface area (Å²) in [6.45, 7) is 7.62. The molecule has 250 valence electrons. The molecule has 46 heavy (non-hydrogen) atoms. The number of ketones is 1. The molecule has 2 rings (SSSR count). The first-order valence-electron chi connectivity index (χ1n) is 14.9. The summed E-state index contributed by atoms with van der Waals surface area (Å²) in [6, 6.07) is 13.6. The van der Waals surface area contributed by atoms with E-state index in [2.05, 4.69) is 16.0 Å². The lowest BCUT2D eigenvalue weighted by Gasteiger charge is -2.27. The van der Waals surface area contributed by atoms with Crippen LogP contribution in [-0.2, 0) is 40.0 Å². The minimum Gasteiger partial charge on any atom is -0.456 e. The van der Waals surface area contributed by atoms with E-state index in [0.29, 0.717) is 5.56 Å². The van der Waals surface area contributed by atoms with Gasteiger partial charge in [-0.25, -0.2) is 9.59 Å². The van der Waals surface area contributed by atoms with Crippen molar-refractivity contribution in [2.45, 2.75) is 77.8 Å². The molecule has 2 aromatic carbocycles. The molecule has 0 spiro atoms. The normalized spacial score (nSPS) is 13.1. The Bertz CT molecular complexity index is 1330. The van der Waals surface area contributed by atoms with Crippen LogP contribution in [0.4, 0.5) is 4.79 Å². The third-order valence-electron chi connectivity index (χ3n) is 6.38. The van der Waals surface area contributed by atoms with E-state index in [4.69, 9.17) is 19.9 Å². The van der Waals surface area contributed by atoms with Gasteiger partial charge >= 0.3 is 12.1 Å². The molecule has 4 amide bonds. The summed E-state index contributed by atoms with van der Waals surface area (Å²) in [6.07, 6.45) is -1.36. The predicted octanol–water partition coefficient (Wildman–Crippen LogP) is 2.41. The molecule has 0 heterocycles. The number of nitrogens with one attached hydrogen (secondary N) is 3. The molecule has 0 unspecified atom stereocenters. The lowest BCUT2D eigenvalue weighted by atomic mass is 10.0. The Kier molecular flexibility index (Phi) is 14.8. The Hall–Kier alpha value is -4.78. The second-order valence-corrected chi connectivity index (χ2v) is 11.9. The van der Waals surface area contributed by atoms with Crippen molar-refractivity contribution in [1.82, 2.24) is 16.0 Å². The number of Topliss-reactive ketones (excluding diaryl/α,β-unsaturated/α-hetero) is 1. The summed E-state index contributed by atoms with van der Waals surface area (Å²) < 4.78 is 16.2. The number of hydrogen-bond donors (Lipinski definition) is 4. The third-order valence-corrected chi connectivity index (χ3v) is 6.38. The van der Waals surface area contributed by atoms with E-state index in [0.717, 1.165) is 5.56 Å². The average Bonchev–Trinajstić information content (AvgIpc) is 2.99. The second kappa shape index (κ2) is 18.3. The molecule has 3 atom stereocenters. The highest BCUT2D eigenvalue weighted by Gasteiger charge is 2.33. The standard InChI is InChI=1S/C33H44N4O9/c1-21(2)28(31(42)45-20-26(38)23-14-10-7-11-15-23)37-29(40)24(16-17-27(34)39)35-30(41)25(36-32(43)46-33(3,4)5)19-44-18-22-12-8-6-9-13-22/h6-15,21,24-25,28H,16-20H2,1-5H3,(H2,34,39)(H,35,41)(H,36,43)(H,37,40)/t24-,25-,28-/m0/s1. The molecule has 13 nitrogen and oxygen atoms in total. The van der Waals surface area contributed by atoms with Gasteiger partial charge in [0, 0.05) is 12.0 Å². The summed E-state index contributed by atoms with van der Waals surface area (Å²) in [4.78, 5) is 76.3. The van der Waals surface area contributed by atoms with Crippen LogP contribution in [-0.4, -0.2) is 72.5 Å². The molecule has 0 aliphatic heterocycles. The van der Waals surface area contributed by atoms with Crippen LogP contribution in [0.1, 0.15) is 63.4 Å². The maximum atomic E-state index is 13.4. The fraction of sp³-hybridized carbons (Fsp3) is 0.455. The smallest absolute Gasteiger partial charge is 0.408 e. The van der Waals surface area contributed by atoms with Crippen molar-refractivity contribution in [3.63, 3.8) is 0 Å². The van der Waals surface area contributed by atoms with Crippen LogP contribution in [0.2, 0.25) is 0 Å². The topological polar surface area (TPSA) is 192 Å². The summed E-state index contributed by atoms with van der Waals surface area (Å²) in [5.41, 5.74) is 5.64. The van der Waals surface area contributed by atoms with E-state index >= 15 is 0 Å². The Labute approximate surface area is 268 Å². The number of carbonyl (C=O) groups is 6. The molecule has 0 aliphatic carbocycles. The number of primary amides is 1. The van der Waals surface area contributed by atoms with Gasteiger partial charge in [-0.15, -0.1) is 0 Å². The number of rotatable bonds is 17. The van der Waals surface area contributed by atoms with E-state index < -0.39 is 71.8 Å². The van der Waals surface area contributed by atoms with Crippen LogP contribution in [0.15, 0.2) is 60.7 Å². The lowest BCUT2D eigenvalue weighted by Crippen LogP contribution is -2.58. The van der Waals surface area contributed by atoms with Crippen molar-refractivity contribution in [3.05, 3.63) is 71.8 Å². The third kappa shape index (κ3) is 13.9. The summed E-state index contributed by atoms with van der Waals surface area (Å²) >= 11 is 0. The van der Waals surface area contributed by atoms with Gasteiger partial charge in [0.05, 0.1) is 13.2 Å². The molecular weight excluding hydrogens is 596 g/mol. The number of hydrogen-bond acceptors (Lipinski definition) is 9. The van der Waals surface area contributed by atoms with Gasteiger partial charge in [-0.1, -0.05) is 74.5 Å². The number of nitrogens with two attached hydrogens (primary N) is 1. The number of esters is 1. The molecule has 0 radical (unpaired) electrons. The Morgan fingerprint density at radius 1 is 0.804 bits per heavy atom. The first kappa shape index (κ1) is 37.4. The van der Waals surface area contributed by atoms with Crippen LogP contribution >= 0.6 is 0 Å². The first-order chi connectivity index (χ1) is 21.7. The minimum absolute atomic E-state index is 0.136. The van der Waals surface area contributed by atoms with Crippen molar-refractivity contribution < 1.29 is 43.0 Å². The van der Waals surface area contributed by atoms with Crippen LogP contribution in [0.25, 0.3) is 0 Å². The first-order valence-corrected chi connectivity index (χ1v) is 14.9. The van der Waals surface area contributed by atoms with Crippen molar-refractivity contribution in [2.24, 2.45) is 11.7 Å². The zero-order valence-corrected chi connectivity index (χ0v) is 26.9. The molecule has 0 aromatic heterocycles. The number of ether oxygens (including phenoxy) is 3. The van der Waals surface area contributed by atoms with Gasteiger partial charge in [-0.05, 0) is 38.7 Å². The van der Waals surface area contributed by atoms with Gasteiger partial charge in [-0.3, -0.25) is 19.2 Å². The maximum Gasteiger partial charge on any atom is 0.408 e. The highest BCUT2D eigenvalue weighted by Crippen LogP contribution is 2.10. The van der Waals surface area contributed by atoms with Gasteiger partial charge in [0.25, 0.3) is 0 Å². The van der Waals surface area contributed by atoms with Crippen LogP contribution in [0.5, 0.6) is 0 Å². The molecular formula is C33H44N4O9. The monoisotopic (exact) mass is 640 g/mol. The highest BCUT2D eigenvalue weighted by molar-refractivity contribution is 5.98. The van der Waals surface area contributed by atoms with Crippen molar-refractivity contribution >= 4 is 35.6 Å². The Balaban J connectivity index is 2.16. The summed E-state index contributed by atoms with van der Waals surface area (Å²) in [7, 11) is 0. The van der Waals surface area contributed by atoms with Gasteiger partial charge in [0.1, 0.15) is 23.7 Å².